The third-order valence-corrected chi connectivity index (χ3v) is 3.81. The summed E-state index contributed by atoms with van der Waals surface area (Å²) in [6.45, 7) is 5.82. The number of H-pyrrole nitrogens is 1. The molecule has 7 heteroatoms. The Hall–Kier alpha value is -2.96. The van der Waals surface area contributed by atoms with Gasteiger partial charge >= 0.3 is 0 Å². The van der Waals surface area contributed by atoms with Crippen LogP contribution in [0, 0.1) is 0 Å². The zero-order valence-corrected chi connectivity index (χ0v) is 13.7. The second-order valence-electron chi connectivity index (χ2n) is 5.98. The lowest BCUT2D eigenvalue weighted by Crippen LogP contribution is -2.27. The highest BCUT2D eigenvalue weighted by Crippen LogP contribution is 2.24. The number of nitrogens with one attached hydrogen (secondary N) is 2. The molecule has 0 fully saturated rings. The molecule has 3 heterocycles. The summed E-state index contributed by atoms with van der Waals surface area (Å²) in [5, 5.41) is 7.61. The average molecular weight is 326 g/mol. The van der Waals surface area contributed by atoms with Gasteiger partial charge in [0.25, 0.3) is 11.6 Å². The average Bonchev–Trinajstić information content (AvgIpc) is 2.98. The number of aromatic amines is 1. The van der Waals surface area contributed by atoms with Crippen molar-refractivity contribution in [3.8, 4) is 0 Å². The number of hydrogen-bond donors (Lipinski definition) is 2. The lowest BCUT2D eigenvalue weighted by Gasteiger charge is -2.13. The zero-order chi connectivity index (χ0) is 17.3. The van der Waals surface area contributed by atoms with Gasteiger partial charge in [-0.1, -0.05) is 19.0 Å². The highest BCUT2D eigenvalue weighted by molar-refractivity contribution is 5.97. The minimum atomic E-state index is -0.303. The number of fused-ring (bicyclic) bond motifs is 1. The van der Waals surface area contributed by atoms with Gasteiger partial charge in [-0.05, 0) is 30.5 Å². The Morgan fingerprint density at radius 1 is 1.29 bits per heavy atom. The number of rotatable bonds is 4. The predicted molar refractivity (Wildman–Crippen MR) is 88.8 cm³/mol. The van der Waals surface area contributed by atoms with Gasteiger partial charge in [-0.3, -0.25) is 9.59 Å². The van der Waals surface area contributed by atoms with Crippen molar-refractivity contribution in [1.82, 2.24) is 20.4 Å². The summed E-state index contributed by atoms with van der Waals surface area (Å²) in [7, 11) is 0. The van der Waals surface area contributed by atoms with Gasteiger partial charge in [-0.25, -0.2) is 4.98 Å². The number of hydrogen-bond acceptors (Lipinski definition) is 5. The lowest BCUT2D eigenvalue weighted by molar-refractivity contribution is 0.0939. The third kappa shape index (κ3) is 3.05. The summed E-state index contributed by atoms with van der Waals surface area (Å²) >= 11 is 0. The van der Waals surface area contributed by atoms with Gasteiger partial charge in [0, 0.05) is 18.5 Å². The standard InChI is InChI=1S/C17H18N4O3/c1-9(2)15-13-6-12(8-19-17(13)24-21-15)16(23)20-10(3)11-4-5-18-14(22)7-11/h4-10H,1-3H3,(H,18,22)(H,20,23). The van der Waals surface area contributed by atoms with Gasteiger partial charge < -0.3 is 14.8 Å². The highest BCUT2D eigenvalue weighted by atomic mass is 16.5. The number of aromatic nitrogens is 3. The Bertz CT molecular complexity index is 942. The Labute approximate surface area is 138 Å². The number of carbonyl (C=O) groups excluding carboxylic acids is 1. The second kappa shape index (κ2) is 6.27. The molecule has 3 rings (SSSR count). The van der Waals surface area contributed by atoms with E-state index in [0.29, 0.717) is 11.3 Å². The largest absolute Gasteiger partial charge is 0.345 e. The number of carbonyl (C=O) groups is 1. The van der Waals surface area contributed by atoms with Crippen molar-refractivity contribution in [3.63, 3.8) is 0 Å². The lowest BCUT2D eigenvalue weighted by atomic mass is 10.1. The van der Waals surface area contributed by atoms with Crippen molar-refractivity contribution in [2.75, 3.05) is 0 Å². The molecule has 1 atom stereocenters. The third-order valence-electron chi connectivity index (χ3n) is 3.81. The van der Waals surface area contributed by atoms with Crippen LogP contribution in [0.1, 0.15) is 54.3 Å². The molecule has 0 radical (unpaired) electrons. The van der Waals surface area contributed by atoms with Crippen molar-refractivity contribution in [2.45, 2.75) is 32.7 Å². The van der Waals surface area contributed by atoms with E-state index in [4.69, 9.17) is 4.52 Å². The van der Waals surface area contributed by atoms with Crippen LogP contribution in [0.5, 0.6) is 0 Å². The molecule has 0 bridgehead atoms. The van der Waals surface area contributed by atoms with Gasteiger partial charge in [0.05, 0.1) is 22.7 Å². The normalized spacial score (nSPS) is 12.5. The summed E-state index contributed by atoms with van der Waals surface area (Å²) < 4.78 is 5.18. The molecular weight excluding hydrogens is 308 g/mol. The molecule has 3 aromatic heterocycles. The van der Waals surface area contributed by atoms with Crippen LogP contribution >= 0.6 is 0 Å². The first-order valence-electron chi connectivity index (χ1n) is 7.70. The Morgan fingerprint density at radius 3 is 2.79 bits per heavy atom. The predicted octanol–water partition coefficient (Wildman–Crippen LogP) is 2.53. The number of amides is 1. The van der Waals surface area contributed by atoms with E-state index in [1.807, 2.05) is 20.8 Å². The molecule has 2 N–H and O–H groups in total. The molecule has 124 valence electrons. The van der Waals surface area contributed by atoms with E-state index < -0.39 is 0 Å². The zero-order valence-electron chi connectivity index (χ0n) is 13.7. The molecule has 3 aromatic rings. The summed E-state index contributed by atoms with van der Waals surface area (Å²) in [6, 6.07) is 4.64. The number of pyridine rings is 2. The monoisotopic (exact) mass is 326 g/mol. The van der Waals surface area contributed by atoms with Crippen LogP contribution in [0.4, 0.5) is 0 Å². The summed E-state index contributed by atoms with van der Waals surface area (Å²) in [5.41, 5.74) is 2.13. The fraction of sp³-hybridized carbons (Fsp3) is 0.294. The molecule has 1 amide bonds. The quantitative estimate of drug-likeness (QED) is 0.767. The van der Waals surface area contributed by atoms with Crippen molar-refractivity contribution in [1.29, 1.82) is 0 Å². The maximum Gasteiger partial charge on any atom is 0.257 e. The molecule has 7 nitrogen and oxygen atoms in total. The van der Waals surface area contributed by atoms with Gasteiger partial charge in [0.1, 0.15) is 0 Å². The number of nitrogens with zero attached hydrogens (tertiary/aromatic N) is 2. The van der Waals surface area contributed by atoms with Crippen LogP contribution in [-0.4, -0.2) is 21.0 Å². The minimum Gasteiger partial charge on any atom is -0.345 e. The fourth-order valence-electron chi connectivity index (χ4n) is 2.48. The molecule has 0 aliphatic carbocycles. The van der Waals surface area contributed by atoms with Gasteiger partial charge in [-0.15, -0.1) is 0 Å². The maximum atomic E-state index is 12.5. The van der Waals surface area contributed by atoms with Gasteiger partial charge in [-0.2, -0.15) is 0 Å². The van der Waals surface area contributed by atoms with Crippen molar-refractivity contribution in [2.24, 2.45) is 0 Å². The van der Waals surface area contributed by atoms with Crippen LogP contribution in [0.2, 0.25) is 0 Å². The summed E-state index contributed by atoms with van der Waals surface area (Å²) in [4.78, 5) is 30.5. The second-order valence-corrected chi connectivity index (χ2v) is 5.98. The van der Waals surface area contributed by atoms with E-state index >= 15 is 0 Å². The summed E-state index contributed by atoms with van der Waals surface area (Å²) in [5.74, 6) is -0.102. The molecule has 24 heavy (non-hydrogen) atoms. The van der Waals surface area contributed by atoms with E-state index in [0.717, 1.165) is 16.6 Å². The van der Waals surface area contributed by atoms with E-state index in [1.165, 1.54) is 12.3 Å². The Morgan fingerprint density at radius 2 is 2.08 bits per heavy atom. The fourth-order valence-corrected chi connectivity index (χ4v) is 2.48. The van der Waals surface area contributed by atoms with Crippen LogP contribution < -0.4 is 10.9 Å². The maximum absolute atomic E-state index is 12.5. The molecule has 0 aliphatic heterocycles. The van der Waals surface area contributed by atoms with E-state index in [2.05, 4.69) is 20.4 Å². The topological polar surface area (TPSA) is 101 Å². The highest BCUT2D eigenvalue weighted by Gasteiger charge is 2.17. The van der Waals surface area contributed by atoms with Crippen molar-refractivity contribution in [3.05, 3.63) is 57.8 Å². The van der Waals surface area contributed by atoms with Crippen LogP contribution in [0.25, 0.3) is 11.1 Å². The Kier molecular flexibility index (Phi) is 4.16. The van der Waals surface area contributed by atoms with Crippen LogP contribution in [0.3, 0.4) is 0 Å². The minimum absolute atomic E-state index is 0.168. The molecule has 0 aliphatic rings. The van der Waals surface area contributed by atoms with Crippen molar-refractivity contribution >= 4 is 17.0 Å². The SMILES string of the molecule is CC(C)c1noc2ncc(C(=O)NC(C)c3cc[nH]c(=O)c3)cc12. The molecular formula is C17H18N4O3. The molecule has 0 saturated heterocycles. The van der Waals surface area contributed by atoms with Crippen LogP contribution in [-0.2, 0) is 0 Å². The smallest absolute Gasteiger partial charge is 0.257 e. The van der Waals surface area contributed by atoms with E-state index in [1.54, 1.807) is 18.3 Å². The summed E-state index contributed by atoms with van der Waals surface area (Å²) in [6.07, 6.45) is 3.01. The Balaban J connectivity index is 1.85. The van der Waals surface area contributed by atoms with Gasteiger partial charge in [0.15, 0.2) is 0 Å². The first-order valence-corrected chi connectivity index (χ1v) is 7.70. The van der Waals surface area contributed by atoms with Crippen molar-refractivity contribution < 1.29 is 9.32 Å². The van der Waals surface area contributed by atoms with Gasteiger partial charge in [0.2, 0.25) is 5.56 Å². The molecule has 1 unspecified atom stereocenters. The molecule has 0 spiro atoms. The molecule has 0 aromatic carbocycles. The first-order chi connectivity index (χ1) is 11.5. The molecule has 0 saturated carbocycles. The van der Waals surface area contributed by atoms with Crippen LogP contribution in [0.15, 0.2) is 39.9 Å². The van der Waals surface area contributed by atoms with E-state index in [-0.39, 0.29) is 23.4 Å². The van der Waals surface area contributed by atoms with E-state index in [9.17, 15) is 9.59 Å². The first kappa shape index (κ1) is 15.9.